The van der Waals surface area contributed by atoms with Gasteiger partial charge in [0.2, 0.25) is 11.8 Å². The van der Waals surface area contributed by atoms with Gasteiger partial charge in [-0.3, -0.25) is 19.8 Å². The van der Waals surface area contributed by atoms with E-state index in [1.165, 1.54) is 11.8 Å². The number of nitrogens with one attached hydrogen (secondary N) is 1. The molecule has 0 aromatic heterocycles. The number of amides is 2. The second-order valence-corrected chi connectivity index (χ2v) is 5.06. The highest BCUT2D eigenvalue weighted by molar-refractivity contribution is 6.03. The molecule has 1 atom stereocenters. The third-order valence-electron chi connectivity index (χ3n) is 3.06. The van der Waals surface area contributed by atoms with Crippen LogP contribution in [0.25, 0.3) is 0 Å². The topological polar surface area (TPSA) is 95.9 Å². The number of rotatable bonds is 3. The zero-order valence-electron chi connectivity index (χ0n) is 10.9. The maximum atomic E-state index is 11.7. The molecule has 0 radical (unpaired) electrons. The zero-order chi connectivity index (χ0) is 14.1. The van der Waals surface area contributed by atoms with E-state index < -0.39 is 28.9 Å². The molecule has 1 heterocycles. The number of carbonyl (C=O) groups is 3. The van der Waals surface area contributed by atoms with Crippen LogP contribution in [-0.2, 0) is 19.1 Å². The van der Waals surface area contributed by atoms with Gasteiger partial charge in [0.05, 0.1) is 19.2 Å². The molecule has 7 heteroatoms. The Labute approximate surface area is 105 Å². The lowest BCUT2D eigenvalue weighted by atomic mass is 9.95. The van der Waals surface area contributed by atoms with Crippen molar-refractivity contribution >= 4 is 17.8 Å². The number of methoxy groups -OCH3 is 1. The number of nitrogens with zero attached hydrogens (tertiary/aromatic N) is 1. The highest BCUT2D eigenvalue weighted by atomic mass is 16.5. The molecule has 1 unspecified atom stereocenters. The number of aliphatic hydroxyl groups is 1. The number of ether oxygens (including phenoxy) is 1. The van der Waals surface area contributed by atoms with Crippen molar-refractivity contribution in [3.05, 3.63) is 0 Å². The van der Waals surface area contributed by atoms with Crippen molar-refractivity contribution in [2.75, 3.05) is 20.2 Å². The Kier molecular flexibility index (Phi) is 3.78. The van der Waals surface area contributed by atoms with Gasteiger partial charge >= 0.3 is 5.97 Å². The second kappa shape index (κ2) is 4.66. The molecule has 1 aliphatic rings. The molecule has 0 spiro atoms. The number of esters is 1. The number of imide groups is 1. The van der Waals surface area contributed by atoms with E-state index in [9.17, 15) is 19.5 Å². The minimum Gasteiger partial charge on any atom is -0.467 e. The lowest BCUT2D eigenvalue weighted by Gasteiger charge is -2.42. The maximum absolute atomic E-state index is 11.7. The Bertz CT molecular complexity index is 389. The van der Waals surface area contributed by atoms with E-state index in [0.717, 1.165) is 7.11 Å². The molecule has 2 amide bonds. The first-order chi connectivity index (χ1) is 8.11. The van der Waals surface area contributed by atoms with Gasteiger partial charge in [0, 0.05) is 6.54 Å². The summed E-state index contributed by atoms with van der Waals surface area (Å²) in [6.45, 7) is 4.29. The van der Waals surface area contributed by atoms with Crippen LogP contribution >= 0.6 is 0 Å². The highest BCUT2D eigenvalue weighted by Gasteiger charge is 2.45. The molecule has 0 saturated carbocycles. The van der Waals surface area contributed by atoms with Crippen LogP contribution in [0.2, 0.25) is 0 Å². The third kappa shape index (κ3) is 2.68. The predicted molar refractivity (Wildman–Crippen MR) is 61.4 cm³/mol. The minimum absolute atomic E-state index is 0.0636. The van der Waals surface area contributed by atoms with Gasteiger partial charge in [-0.15, -0.1) is 0 Å². The maximum Gasteiger partial charge on any atom is 0.338 e. The fourth-order valence-electron chi connectivity index (χ4n) is 1.74. The van der Waals surface area contributed by atoms with Crippen molar-refractivity contribution < 1.29 is 24.2 Å². The van der Waals surface area contributed by atoms with E-state index in [4.69, 9.17) is 0 Å². The minimum atomic E-state index is -1.77. The van der Waals surface area contributed by atoms with Crippen molar-refractivity contribution in [2.45, 2.75) is 31.9 Å². The van der Waals surface area contributed by atoms with E-state index in [1.807, 2.05) is 0 Å². The van der Waals surface area contributed by atoms with Crippen molar-refractivity contribution in [3.8, 4) is 0 Å². The fourth-order valence-corrected chi connectivity index (χ4v) is 1.74. The van der Waals surface area contributed by atoms with Gasteiger partial charge in [0.1, 0.15) is 0 Å². The van der Waals surface area contributed by atoms with E-state index in [2.05, 4.69) is 10.1 Å². The normalized spacial score (nSPS) is 23.2. The van der Waals surface area contributed by atoms with Crippen molar-refractivity contribution in [2.24, 2.45) is 0 Å². The molecule has 2 N–H and O–H groups in total. The van der Waals surface area contributed by atoms with Gasteiger partial charge in [-0.05, 0) is 20.8 Å². The summed E-state index contributed by atoms with van der Waals surface area (Å²) >= 11 is 0. The number of β-amino-alcohol motifs (C(OH)–C–C–N with tert-alkyl or cyclic N) is 1. The first-order valence-corrected chi connectivity index (χ1v) is 5.51. The summed E-state index contributed by atoms with van der Waals surface area (Å²) in [5.41, 5.74) is -2.75. The molecule has 0 aliphatic carbocycles. The average Bonchev–Trinajstić information content (AvgIpc) is 2.24. The largest absolute Gasteiger partial charge is 0.467 e. The van der Waals surface area contributed by atoms with E-state index in [-0.39, 0.29) is 13.1 Å². The van der Waals surface area contributed by atoms with E-state index in [1.54, 1.807) is 13.8 Å². The molecule has 0 bridgehead atoms. The highest BCUT2D eigenvalue weighted by Crippen LogP contribution is 2.21. The molecule has 7 nitrogen and oxygen atoms in total. The molecular weight excluding hydrogens is 240 g/mol. The Hall–Kier alpha value is -1.47. The first kappa shape index (κ1) is 14.6. The van der Waals surface area contributed by atoms with Crippen LogP contribution in [-0.4, -0.2) is 59.1 Å². The summed E-state index contributed by atoms with van der Waals surface area (Å²) in [5.74, 6) is -1.73. The van der Waals surface area contributed by atoms with Gasteiger partial charge in [-0.2, -0.15) is 0 Å². The smallest absolute Gasteiger partial charge is 0.338 e. The number of piperazine rings is 1. The molecule has 18 heavy (non-hydrogen) atoms. The van der Waals surface area contributed by atoms with Gasteiger partial charge in [0.15, 0.2) is 5.60 Å². The number of hydrogen-bond donors (Lipinski definition) is 2. The average molecular weight is 258 g/mol. The summed E-state index contributed by atoms with van der Waals surface area (Å²) in [4.78, 5) is 35.9. The standard InChI is InChI=1S/C11H18N2O5/c1-10(2)8(15)12-7(14)5-13(10)6-11(3,17)9(16)18-4/h17H,5-6H2,1-4H3,(H,12,14,15). The summed E-state index contributed by atoms with van der Waals surface area (Å²) in [5, 5.41) is 12.2. The summed E-state index contributed by atoms with van der Waals surface area (Å²) in [7, 11) is 1.16. The summed E-state index contributed by atoms with van der Waals surface area (Å²) in [6.07, 6.45) is 0. The van der Waals surface area contributed by atoms with Gasteiger partial charge in [-0.1, -0.05) is 0 Å². The Balaban J connectivity index is 2.91. The molecule has 0 aromatic rings. The van der Waals surface area contributed by atoms with Crippen LogP contribution in [0.5, 0.6) is 0 Å². The molecular formula is C11H18N2O5. The Morgan fingerprint density at radius 2 is 2.11 bits per heavy atom. The Morgan fingerprint density at radius 3 is 2.61 bits per heavy atom. The molecule has 1 aliphatic heterocycles. The second-order valence-electron chi connectivity index (χ2n) is 5.06. The summed E-state index contributed by atoms with van der Waals surface area (Å²) in [6, 6.07) is 0. The van der Waals surface area contributed by atoms with Crippen molar-refractivity contribution in [1.29, 1.82) is 0 Å². The van der Waals surface area contributed by atoms with Crippen LogP contribution < -0.4 is 5.32 Å². The summed E-state index contributed by atoms with van der Waals surface area (Å²) < 4.78 is 4.48. The Morgan fingerprint density at radius 1 is 1.56 bits per heavy atom. The van der Waals surface area contributed by atoms with Crippen LogP contribution in [0.3, 0.4) is 0 Å². The molecule has 102 valence electrons. The molecule has 1 saturated heterocycles. The van der Waals surface area contributed by atoms with E-state index >= 15 is 0 Å². The van der Waals surface area contributed by atoms with Gasteiger partial charge in [-0.25, -0.2) is 4.79 Å². The molecule has 1 fully saturated rings. The zero-order valence-corrected chi connectivity index (χ0v) is 10.9. The fraction of sp³-hybridized carbons (Fsp3) is 0.727. The monoisotopic (exact) mass is 258 g/mol. The van der Waals surface area contributed by atoms with Crippen LogP contribution in [0.15, 0.2) is 0 Å². The van der Waals surface area contributed by atoms with Crippen LogP contribution in [0, 0.1) is 0 Å². The lowest BCUT2D eigenvalue weighted by Crippen LogP contribution is -2.66. The van der Waals surface area contributed by atoms with Crippen LogP contribution in [0.1, 0.15) is 20.8 Å². The number of hydrogen-bond acceptors (Lipinski definition) is 6. The SMILES string of the molecule is COC(=O)C(C)(O)CN1CC(=O)NC(=O)C1(C)C. The van der Waals surface area contributed by atoms with Crippen LogP contribution in [0.4, 0.5) is 0 Å². The number of carbonyl (C=O) groups excluding carboxylic acids is 3. The predicted octanol–water partition coefficient (Wildman–Crippen LogP) is -1.35. The van der Waals surface area contributed by atoms with Crippen molar-refractivity contribution in [3.63, 3.8) is 0 Å². The van der Waals surface area contributed by atoms with Gasteiger partial charge in [0.25, 0.3) is 0 Å². The van der Waals surface area contributed by atoms with E-state index in [0.29, 0.717) is 0 Å². The molecule has 1 rings (SSSR count). The lowest BCUT2D eigenvalue weighted by molar-refractivity contribution is -0.167. The molecule has 0 aromatic carbocycles. The third-order valence-corrected chi connectivity index (χ3v) is 3.06. The van der Waals surface area contributed by atoms with Crippen molar-refractivity contribution in [1.82, 2.24) is 10.2 Å². The van der Waals surface area contributed by atoms with Gasteiger partial charge < -0.3 is 9.84 Å². The quantitative estimate of drug-likeness (QED) is 0.480. The first-order valence-electron chi connectivity index (χ1n) is 5.51.